The SMILES string of the molecule is CC(=O)OC/C=C(\C)C(=O)CC1=C(C)C[C@@H](OC(C)=O)CC1(C)C. The lowest BCUT2D eigenvalue weighted by atomic mass is 9.69. The van der Waals surface area contributed by atoms with E-state index in [1.54, 1.807) is 13.0 Å². The number of Topliss-reactive ketones (excluding diaryl/α,β-unsaturated/α-hetero) is 1. The van der Waals surface area contributed by atoms with E-state index >= 15 is 0 Å². The van der Waals surface area contributed by atoms with Crippen molar-refractivity contribution in [3.05, 3.63) is 22.8 Å². The Kier molecular flexibility index (Phi) is 6.93. The van der Waals surface area contributed by atoms with Crippen molar-refractivity contribution in [2.24, 2.45) is 5.41 Å². The first-order valence-corrected chi connectivity index (χ1v) is 8.22. The van der Waals surface area contributed by atoms with Crippen LogP contribution < -0.4 is 0 Å². The number of hydrogen-bond donors (Lipinski definition) is 0. The van der Waals surface area contributed by atoms with E-state index in [0.29, 0.717) is 24.8 Å². The summed E-state index contributed by atoms with van der Waals surface area (Å²) < 4.78 is 10.2. The van der Waals surface area contributed by atoms with E-state index in [-0.39, 0.29) is 35.8 Å². The smallest absolute Gasteiger partial charge is 0.302 e. The van der Waals surface area contributed by atoms with Crippen molar-refractivity contribution in [2.75, 3.05) is 6.61 Å². The van der Waals surface area contributed by atoms with Gasteiger partial charge in [-0.05, 0) is 37.3 Å². The summed E-state index contributed by atoms with van der Waals surface area (Å²) in [5.41, 5.74) is 2.61. The van der Waals surface area contributed by atoms with Crippen molar-refractivity contribution < 1.29 is 23.9 Å². The lowest BCUT2D eigenvalue weighted by Crippen LogP contribution is -2.32. The first-order chi connectivity index (χ1) is 11.0. The summed E-state index contributed by atoms with van der Waals surface area (Å²) in [6.45, 7) is 10.8. The number of ketones is 1. The summed E-state index contributed by atoms with van der Waals surface area (Å²) in [4.78, 5) is 34.4. The molecule has 0 bridgehead atoms. The molecule has 5 heteroatoms. The van der Waals surface area contributed by atoms with E-state index in [4.69, 9.17) is 9.47 Å². The minimum atomic E-state index is -0.366. The van der Waals surface area contributed by atoms with E-state index in [9.17, 15) is 14.4 Å². The third kappa shape index (κ3) is 5.95. The monoisotopic (exact) mass is 336 g/mol. The van der Waals surface area contributed by atoms with Gasteiger partial charge in [-0.2, -0.15) is 0 Å². The molecular formula is C19H28O5. The highest BCUT2D eigenvalue weighted by molar-refractivity contribution is 5.96. The number of allylic oxidation sites excluding steroid dienone is 2. The number of esters is 2. The molecule has 24 heavy (non-hydrogen) atoms. The lowest BCUT2D eigenvalue weighted by Gasteiger charge is -2.38. The fourth-order valence-corrected chi connectivity index (χ4v) is 3.21. The highest BCUT2D eigenvalue weighted by Crippen LogP contribution is 2.43. The van der Waals surface area contributed by atoms with Gasteiger partial charge in [-0.25, -0.2) is 0 Å². The predicted octanol–water partition coefficient (Wildman–Crippen LogP) is 3.52. The van der Waals surface area contributed by atoms with Gasteiger partial charge >= 0.3 is 11.9 Å². The summed E-state index contributed by atoms with van der Waals surface area (Å²) in [5, 5.41) is 0. The fourth-order valence-electron chi connectivity index (χ4n) is 3.21. The normalized spacial score (nSPS) is 20.6. The topological polar surface area (TPSA) is 69.7 Å². The molecule has 0 aromatic carbocycles. The Morgan fingerprint density at radius 3 is 2.29 bits per heavy atom. The predicted molar refractivity (Wildman–Crippen MR) is 91.3 cm³/mol. The molecule has 0 aromatic heterocycles. The third-order valence-corrected chi connectivity index (χ3v) is 4.39. The van der Waals surface area contributed by atoms with Crippen LogP contribution in [-0.2, 0) is 23.9 Å². The number of ether oxygens (including phenoxy) is 2. The van der Waals surface area contributed by atoms with Crippen LogP contribution in [0.3, 0.4) is 0 Å². The van der Waals surface area contributed by atoms with Crippen LogP contribution in [0.5, 0.6) is 0 Å². The van der Waals surface area contributed by atoms with E-state index < -0.39 is 0 Å². The molecule has 5 nitrogen and oxygen atoms in total. The van der Waals surface area contributed by atoms with E-state index in [0.717, 1.165) is 11.1 Å². The van der Waals surface area contributed by atoms with Gasteiger partial charge in [0.1, 0.15) is 12.7 Å². The van der Waals surface area contributed by atoms with Crippen molar-refractivity contribution in [1.29, 1.82) is 0 Å². The van der Waals surface area contributed by atoms with E-state index in [1.807, 2.05) is 6.92 Å². The van der Waals surface area contributed by atoms with Gasteiger partial charge in [0.25, 0.3) is 0 Å². The molecule has 0 aromatic rings. The van der Waals surface area contributed by atoms with Crippen LogP contribution in [0.25, 0.3) is 0 Å². The largest absolute Gasteiger partial charge is 0.462 e. The molecule has 0 N–H and O–H groups in total. The van der Waals surface area contributed by atoms with Gasteiger partial charge in [-0.15, -0.1) is 0 Å². The minimum absolute atomic E-state index is 0.0236. The fraction of sp³-hybridized carbons (Fsp3) is 0.632. The molecule has 0 unspecified atom stereocenters. The van der Waals surface area contributed by atoms with E-state index in [1.165, 1.54) is 13.8 Å². The quantitative estimate of drug-likeness (QED) is 0.422. The molecule has 0 amide bonds. The Balaban J connectivity index is 2.82. The number of rotatable bonds is 6. The van der Waals surface area contributed by atoms with Crippen molar-refractivity contribution in [3.8, 4) is 0 Å². The maximum Gasteiger partial charge on any atom is 0.302 e. The number of hydrogen-bond acceptors (Lipinski definition) is 5. The number of carbonyl (C=O) groups excluding carboxylic acids is 3. The molecular weight excluding hydrogens is 308 g/mol. The Morgan fingerprint density at radius 1 is 1.17 bits per heavy atom. The molecule has 1 aliphatic carbocycles. The van der Waals surface area contributed by atoms with Crippen LogP contribution in [0, 0.1) is 5.41 Å². The summed E-state index contributed by atoms with van der Waals surface area (Å²) in [5.74, 6) is -0.613. The van der Waals surface area contributed by atoms with E-state index in [2.05, 4.69) is 13.8 Å². The Labute approximate surface area is 144 Å². The zero-order chi connectivity index (χ0) is 18.5. The highest BCUT2D eigenvalue weighted by Gasteiger charge is 2.35. The van der Waals surface area contributed by atoms with Crippen LogP contribution in [0.2, 0.25) is 0 Å². The third-order valence-electron chi connectivity index (χ3n) is 4.39. The molecule has 134 valence electrons. The van der Waals surface area contributed by atoms with Gasteiger partial charge in [-0.3, -0.25) is 14.4 Å². The second kappa shape index (κ2) is 8.27. The van der Waals surface area contributed by atoms with Crippen LogP contribution >= 0.6 is 0 Å². The lowest BCUT2D eigenvalue weighted by molar-refractivity contribution is -0.148. The van der Waals surface area contributed by atoms with Crippen molar-refractivity contribution in [2.45, 2.75) is 66.9 Å². The standard InChI is InChI=1S/C19H28O5/c1-12(7-8-23-14(3)20)18(22)10-17-13(2)9-16(24-15(4)21)11-19(17,5)6/h7,16H,8-11H2,1-6H3/b12-7+/t16-/m1/s1. The second-order valence-corrected chi connectivity index (χ2v) is 7.07. The summed E-state index contributed by atoms with van der Waals surface area (Å²) in [6.07, 6.45) is 3.23. The van der Waals surface area contributed by atoms with Gasteiger partial charge in [0.2, 0.25) is 0 Å². The van der Waals surface area contributed by atoms with Crippen molar-refractivity contribution >= 4 is 17.7 Å². The first kappa shape index (κ1) is 20.1. The Hall–Kier alpha value is -1.91. The average molecular weight is 336 g/mol. The maximum absolute atomic E-state index is 12.5. The first-order valence-electron chi connectivity index (χ1n) is 8.22. The molecule has 0 fully saturated rings. The molecule has 0 saturated carbocycles. The Bertz CT molecular complexity index is 581. The van der Waals surface area contributed by atoms with Crippen LogP contribution in [0.15, 0.2) is 22.8 Å². The second-order valence-electron chi connectivity index (χ2n) is 7.07. The molecule has 0 aliphatic heterocycles. The molecule has 0 radical (unpaired) electrons. The highest BCUT2D eigenvalue weighted by atomic mass is 16.5. The molecule has 1 rings (SSSR count). The summed E-state index contributed by atoms with van der Waals surface area (Å²) >= 11 is 0. The number of carbonyl (C=O) groups is 3. The van der Waals surface area contributed by atoms with Gasteiger partial charge in [0.15, 0.2) is 5.78 Å². The van der Waals surface area contributed by atoms with Gasteiger partial charge in [0, 0.05) is 26.7 Å². The zero-order valence-corrected chi connectivity index (χ0v) is 15.5. The molecule has 0 spiro atoms. The van der Waals surface area contributed by atoms with Crippen LogP contribution in [0.4, 0.5) is 0 Å². The van der Waals surface area contributed by atoms with Crippen LogP contribution in [0.1, 0.15) is 60.8 Å². The molecule has 0 heterocycles. The van der Waals surface area contributed by atoms with Crippen molar-refractivity contribution in [1.82, 2.24) is 0 Å². The maximum atomic E-state index is 12.5. The van der Waals surface area contributed by atoms with Crippen molar-refractivity contribution in [3.63, 3.8) is 0 Å². The molecule has 1 aliphatic rings. The Morgan fingerprint density at radius 2 is 1.79 bits per heavy atom. The summed E-state index contributed by atoms with van der Waals surface area (Å²) in [7, 11) is 0. The molecule has 0 saturated heterocycles. The van der Waals surface area contributed by atoms with Gasteiger partial charge in [0.05, 0.1) is 0 Å². The zero-order valence-electron chi connectivity index (χ0n) is 15.5. The van der Waals surface area contributed by atoms with Gasteiger partial charge in [-0.1, -0.05) is 25.0 Å². The van der Waals surface area contributed by atoms with Gasteiger partial charge < -0.3 is 9.47 Å². The van der Waals surface area contributed by atoms with Crippen LogP contribution in [-0.4, -0.2) is 30.4 Å². The minimum Gasteiger partial charge on any atom is -0.462 e. The molecule has 1 atom stereocenters. The summed E-state index contributed by atoms with van der Waals surface area (Å²) in [6, 6.07) is 0. The average Bonchev–Trinajstić information content (AvgIpc) is 2.40.